The van der Waals surface area contributed by atoms with E-state index in [1.807, 2.05) is 0 Å². The molecule has 0 amide bonds. The molecule has 0 atom stereocenters. The van der Waals surface area contributed by atoms with Crippen LogP contribution in [0.5, 0.6) is 0 Å². The Morgan fingerprint density at radius 3 is 2.53 bits per heavy atom. The van der Waals surface area contributed by atoms with Crippen LogP contribution in [-0.4, -0.2) is 32.3 Å². The number of benzene rings is 1. The minimum atomic E-state index is -3.61. The highest BCUT2D eigenvalue weighted by atomic mass is 35.5. The fraction of sp³-hybridized carbons (Fsp3) is 0.364. The molecule has 0 aliphatic carbocycles. The monoisotopic (exact) mass is 309 g/mol. The number of carbonyl (C=O) groups is 1. The fourth-order valence-electron chi connectivity index (χ4n) is 1.53. The van der Waals surface area contributed by atoms with E-state index >= 15 is 0 Å². The lowest BCUT2D eigenvalue weighted by atomic mass is 10.2. The van der Waals surface area contributed by atoms with Gasteiger partial charge in [-0.3, -0.25) is 4.31 Å². The van der Waals surface area contributed by atoms with Gasteiger partial charge in [-0.05, 0) is 18.6 Å². The molecule has 5 nitrogen and oxygen atoms in total. The van der Waals surface area contributed by atoms with Crippen molar-refractivity contribution in [1.29, 1.82) is 0 Å². The third-order valence-corrected chi connectivity index (χ3v) is 4.84. The standard InChI is InChI=1S/C11H13ClFNO4S/c1-3-6-19(17,18)14(2)8-5-4-7(13)9(10(8)12)11(15)16/h4-5H,3,6H2,1-2H3,(H,15,16). The highest BCUT2D eigenvalue weighted by Gasteiger charge is 2.24. The quantitative estimate of drug-likeness (QED) is 0.906. The summed E-state index contributed by atoms with van der Waals surface area (Å²) in [6, 6.07) is 2.01. The van der Waals surface area contributed by atoms with Gasteiger partial charge in [-0.25, -0.2) is 17.6 Å². The second-order valence-electron chi connectivity index (χ2n) is 3.84. The van der Waals surface area contributed by atoms with E-state index in [4.69, 9.17) is 16.7 Å². The Balaban J connectivity index is 3.38. The van der Waals surface area contributed by atoms with E-state index in [0.29, 0.717) is 6.42 Å². The first kappa shape index (κ1) is 15.7. The number of nitrogens with zero attached hydrogens (tertiary/aromatic N) is 1. The molecule has 1 aromatic rings. The number of rotatable bonds is 5. The summed E-state index contributed by atoms with van der Waals surface area (Å²) in [5.41, 5.74) is -0.799. The molecule has 0 bridgehead atoms. The zero-order chi connectivity index (χ0) is 14.8. The summed E-state index contributed by atoms with van der Waals surface area (Å²) in [4.78, 5) is 10.9. The van der Waals surface area contributed by atoms with Crippen molar-refractivity contribution in [3.63, 3.8) is 0 Å². The summed E-state index contributed by atoms with van der Waals surface area (Å²) in [6.45, 7) is 1.69. The molecule has 1 N–H and O–H groups in total. The molecule has 19 heavy (non-hydrogen) atoms. The normalized spacial score (nSPS) is 11.4. The van der Waals surface area contributed by atoms with Crippen molar-refractivity contribution in [2.24, 2.45) is 0 Å². The van der Waals surface area contributed by atoms with Gasteiger partial charge in [0.15, 0.2) is 0 Å². The minimum Gasteiger partial charge on any atom is -0.478 e. The molecule has 106 valence electrons. The maximum Gasteiger partial charge on any atom is 0.340 e. The van der Waals surface area contributed by atoms with Crippen LogP contribution in [-0.2, 0) is 10.0 Å². The van der Waals surface area contributed by atoms with Gasteiger partial charge < -0.3 is 5.11 Å². The second-order valence-corrected chi connectivity index (χ2v) is 6.34. The zero-order valence-corrected chi connectivity index (χ0v) is 11.9. The highest BCUT2D eigenvalue weighted by molar-refractivity contribution is 7.92. The van der Waals surface area contributed by atoms with Crippen LogP contribution in [0.2, 0.25) is 5.02 Å². The first-order valence-electron chi connectivity index (χ1n) is 5.40. The van der Waals surface area contributed by atoms with Crippen LogP contribution in [0.1, 0.15) is 23.7 Å². The maximum atomic E-state index is 13.4. The van der Waals surface area contributed by atoms with E-state index in [2.05, 4.69) is 0 Å². The Labute approximate surface area is 115 Å². The number of hydrogen-bond acceptors (Lipinski definition) is 3. The van der Waals surface area contributed by atoms with Crippen molar-refractivity contribution in [2.45, 2.75) is 13.3 Å². The molecule has 0 aliphatic rings. The van der Waals surface area contributed by atoms with Gasteiger partial charge in [0.2, 0.25) is 10.0 Å². The Bertz CT molecular complexity index is 603. The lowest BCUT2D eigenvalue weighted by molar-refractivity contribution is 0.0692. The molecule has 0 spiro atoms. The predicted octanol–water partition coefficient (Wildman–Crippen LogP) is 2.35. The van der Waals surface area contributed by atoms with Gasteiger partial charge >= 0.3 is 5.97 Å². The average Bonchev–Trinajstić information content (AvgIpc) is 2.27. The van der Waals surface area contributed by atoms with Gasteiger partial charge in [-0.1, -0.05) is 18.5 Å². The van der Waals surface area contributed by atoms with E-state index in [-0.39, 0.29) is 11.4 Å². The molecule has 0 radical (unpaired) electrons. The third kappa shape index (κ3) is 3.16. The lowest BCUT2D eigenvalue weighted by Crippen LogP contribution is -2.29. The topological polar surface area (TPSA) is 74.7 Å². The van der Waals surface area contributed by atoms with Crippen molar-refractivity contribution in [3.8, 4) is 0 Å². The van der Waals surface area contributed by atoms with E-state index in [0.717, 1.165) is 16.4 Å². The first-order valence-corrected chi connectivity index (χ1v) is 7.39. The second kappa shape index (κ2) is 5.75. The minimum absolute atomic E-state index is 0.0612. The Morgan fingerprint density at radius 1 is 1.47 bits per heavy atom. The van der Waals surface area contributed by atoms with Crippen LogP contribution in [0.15, 0.2) is 12.1 Å². The van der Waals surface area contributed by atoms with Gasteiger partial charge in [0, 0.05) is 7.05 Å². The molecule has 8 heteroatoms. The number of aromatic carboxylic acids is 1. The number of sulfonamides is 1. The molecule has 0 aromatic heterocycles. The number of anilines is 1. The molecule has 0 saturated heterocycles. The van der Waals surface area contributed by atoms with E-state index in [9.17, 15) is 17.6 Å². The number of carboxylic acid groups (broad SMARTS) is 1. The SMILES string of the molecule is CCCS(=O)(=O)N(C)c1ccc(F)c(C(=O)O)c1Cl. The fourth-order valence-corrected chi connectivity index (χ4v) is 3.18. The van der Waals surface area contributed by atoms with Crippen LogP contribution in [0.3, 0.4) is 0 Å². The molecule has 1 rings (SSSR count). The summed E-state index contributed by atoms with van der Waals surface area (Å²) < 4.78 is 38.0. The Morgan fingerprint density at radius 2 is 2.05 bits per heavy atom. The van der Waals surface area contributed by atoms with E-state index < -0.39 is 32.4 Å². The van der Waals surface area contributed by atoms with Crippen LogP contribution in [0, 0.1) is 5.82 Å². The maximum absolute atomic E-state index is 13.4. The van der Waals surface area contributed by atoms with Gasteiger partial charge in [0.1, 0.15) is 11.4 Å². The molecule has 0 heterocycles. The smallest absolute Gasteiger partial charge is 0.340 e. The molecule has 0 fully saturated rings. The van der Waals surface area contributed by atoms with Crippen molar-refractivity contribution >= 4 is 33.3 Å². The largest absolute Gasteiger partial charge is 0.478 e. The van der Waals surface area contributed by atoms with Crippen molar-refractivity contribution < 1.29 is 22.7 Å². The molecule has 0 aliphatic heterocycles. The van der Waals surface area contributed by atoms with Gasteiger partial charge in [0.25, 0.3) is 0 Å². The van der Waals surface area contributed by atoms with Gasteiger partial charge in [-0.2, -0.15) is 0 Å². The number of hydrogen-bond donors (Lipinski definition) is 1. The number of carboxylic acids is 1. The number of halogens is 2. The van der Waals surface area contributed by atoms with Gasteiger partial charge in [-0.15, -0.1) is 0 Å². The summed E-state index contributed by atoms with van der Waals surface area (Å²) in [5, 5.41) is 8.43. The Hall–Kier alpha value is -1.34. The van der Waals surface area contributed by atoms with E-state index in [1.165, 1.54) is 7.05 Å². The van der Waals surface area contributed by atoms with Crippen molar-refractivity contribution in [2.75, 3.05) is 17.1 Å². The molecule has 0 unspecified atom stereocenters. The highest BCUT2D eigenvalue weighted by Crippen LogP contribution is 2.32. The summed E-state index contributed by atoms with van der Waals surface area (Å²) in [5.74, 6) is -2.67. The van der Waals surface area contributed by atoms with E-state index in [1.54, 1.807) is 6.92 Å². The van der Waals surface area contributed by atoms with Crippen LogP contribution < -0.4 is 4.31 Å². The molecular weight excluding hydrogens is 297 g/mol. The summed E-state index contributed by atoms with van der Waals surface area (Å²) in [7, 11) is -2.36. The van der Waals surface area contributed by atoms with Crippen molar-refractivity contribution in [3.05, 3.63) is 28.5 Å². The first-order chi connectivity index (χ1) is 8.72. The van der Waals surface area contributed by atoms with Crippen LogP contribution in [0.25, 0.3) is 0 Å². The predicted molar refractivity (Wildman–Crippen MR) is 70.9 cm³/mol. The molecule has 0 saturated carbocycles. The molecular formula is C11H13ClFNO4S. The molecule has 1 aromatic carbocycles. The zero-order valence-electron chi connectivity index (χ0n) is 10.4. The summed E-state index contributed by atoms with van der Waals surface area (Å²) >= 11 is 5.78. The summed E-state index contributed by atoms with van der Waals surface area (Å²) in [6.07, 6.45) is 0.400. The lowest BCUT2D eigenvalue weighted by Gasteiger charge is -2.21. The Kier molecular flexibility index (Phi) is 4.75. The van der Waals surface area contributed by atoms with Crippen molar-refractivity contribution in [1.82, 2.24) is 0 Å². The third-order valence-electron chi connectivity index (χ3n) is 2.50. The van der Waals surface area contributed by atoms with Crippen LogP contribution >= 0.6 is 11.6 Å². The van der Waals surface area contributed by atoms with Gasteiger partial charge in [0.05, 0.1) is 16.5 Å². The van der Waals surface area contributed by atoms with Crippen LogP contribution in [0.4, 0.5) is 10.1 Å². The average molecular weight is 310 g/mol.